The van der Waals surface area contributed by atoms with Gasteiger partial charge in [-0.05, 0) is 37.1 Å². The van der Waals surface area contributed by atoms with Gasteiger partial charge < -0.3 is 15.5 Å². The molecule has 0 bridgehead atoms. The first-order chi connectivity index (χ1) is 12.7. The Balaban J connectivity index is 1.63. The van der Waals surface area contributed by atoms with E-state index in [1.807, 2.05) is 50.5 Å². The Morgan fingerprint density at radius 1 is 0.923 bits per heavy atom. The number of hydrogen-bond donors (Lipinski definition) is 2. The summed E-state index contributed by atoms with van der Waals surface area (Å²) in [5, 5.41) is 6.81. The lowest BCUT2D eigenvalue weighted by atomic mass is 10.1. The molecule has 5 heteroatoms. The summed E-state index contributed by atoms with van der Waals surface area (Å²) in [4.78, 5) is 11.4. The molecule has 0 radical (unpaired) electrons. The molecule has 4 rings (SSSR count). The van der Waals surface area contributed by atoms with Gasteiger partial charge in [-0.1, -0.05) is 30.3 Å². The zero-order valence-corrected chi connectivity index (χ0v) is 15.1. The third-order valence-corrected chi connectivity index (χ3v) is 4.36. The maximum absolute atomic E-state index is 4.71. The van der Waals surface area contributed by atoms with Crippen molar-refractivity contribution in [3.63, 3.8) is 0 Å². The maximum atomic E-state index is 4.71. The molecule has 132 valence electrons. The fraction of sp³-hybridized carbons (Fsp3) is 0.238. The fourth-order valence-corrected chi connectivity index (χ4v) is 2.74. The lowest BCUT2D eigenvalue weighted by Crippen LogP contribution is -2.08. The number of hydrogen-bond acceptors (Lipinski definition) is 5. The van der Waals surface area contributed by atoms with Gasteiger partial charge in [0.2, 0.25) is 5.95 Å². The molecule has 26 heavy (non-hydrogen) atoms. The molecule has 1 aliphatic rings. The molecule has 1 fully saturated rings. The van der Waals surface area contributed by atoms with Crippen LogP contribution in [-0.4, -0.2) is 30.1 Å². The minimum absolute atomic E-state index is 0.542. The number of nitrogens with zero attached hydrogens (tertiary/aromatic N) is 3. The smallest absolute Gasteiger partial charge is 0.229 e. The maximum Gasteiger partial charge on any atom is 0.229 e. The molecular formula is C21H23N5. The van der Waals surface area contributed by atoms with Crippen molar-refractivity contribution in [3.8, 4) is 11.3 Å². The minimum Gasteiger partial charge on any atom is -0.378 e. The number of rotatable bonds is 6. The zero-order chi connectivity index (χ0) is 17.9. The molecular weight excluding hydrogens is 322 g/mol. The quantitative estimate of drug-likeness (QED) is 0.687. The van der Waals surface area contributed by atoms with Gasteiger partial charge in [0.15, 0.2) is 0 Å². The summed E-state index contributed by atoms with van der Waals surface area (Å²) in [5.41, 5.74) is 4.12. The van der Waals surface area contributed by atoms with Gasteiger partial charge in [-0.3, -0.25) is 0 Å². The van der Waals surface area contributed by atoms with Crippen LogP contribution in [0.5, 0.6) is 0 Å². The van der Waals surface area contributed by atoms with Gasteiger partial charge >= 0.3 is 0 Å². The Morgan fingerprint density at radius 2 is 1.65 bits per heavy atom. The van der Waals surface area contributed by atoms with Crippen molar-refractivity contribution in [3.05, 3.63) is 60.7 Å². The van der Waals surface area contributed by atoms with Gasteiger partial charge in [0.1, 0.15) is 5.82 Å². The number of nitrogens with one attached hydrogen (secondary N) is 2. The fourth-order valence-electron chi connectivity index (χ4n) is 2.74. The van der Waals surface area contributed by atoms with Crippen LogP contribution in [0.15, 0.2) is 60.7 Å². The molecule has 5 nitrogen and oxygen atoms in total. The highest BCUT2D eigenvalue weighted by atomic mass is 15.2. The van der Waals surface area contributed by atoms with Crippen LogP contribution in [0.1, 0.15) is 12.8 Å². The van der Waals surface area contributed by atoms with Crippen LogP contribution in [-0.2, 0) is 0 Å². The Kier molecular flexibility index (Phi) is 4.44. The molecule has 1 aromatic heterocycles. The Bertz CT molecular complexity index is 871. The van der Waals surface area contributed by atoms with Gasteiger partial charge in [0.05, 0.1) is 5.69 Å². The predicted molar refractivity (Wildman–Crippen MR) is 108 cm³/mol. The average Bonchev–Trinajstić information content (AvgIpc) is 3.47. The molecule has 0 aliphatic heterocycles. The molecule has 2 N–H and O–H groups in total. The second-order valence-electron chi connectivity index (χ2n) is 6.81. The van der Waals surface area contributed by atoms with Crippen LogP contribution in [0.3, 0.4) is 0 Å². The first-order valence-electron chi connectivity index (χ1n) is 8.93. The Labute approximate surface area is 154 Å². The zero-order valence-electron chi connectivity index (χ0n) is 15.1. The topological polar surface area (TPSA) is 53.1 Å². The highest BCUT2D eigenvalue weighted by Crippen LogP contribution is 2.28. The Morgan fingerprint density at radius 3 is 2.31 bits per heavy atom. The summed E-state index contributed by atoms with van der Waals surface area (Å²) >= 11 is 0. The van der Waals surface area contributed by atoms with E-state index in [1.54, 1.807) is 0 Å². The third-order valence-electron chi connectivity index (χ3n) is 4.36. The first kappa shape index (κ1) is 16.4. The van der Waals surface area contributed by atoms with Crippen LogP contribution in [0, 0.1) is 0 Å². The lowest BCUT2D eigenvalue weighted by Gasteiger charge is -2.14. The lowest BCUT2D eigenvalue weighted by molar-refractivity contribution is 1.09. The molecule has 0 atom stereocenters. The molecule has 2 aromatic carbocycles. The molecule has 0 unspecified atom stereocenters. The summed E-state index contributed by atoms with van der Waals surface area (Å²) in [6.45, 7) is 0. The molecule has 0 spiro atoms. The van der Waals surface area contributed by atoms with Crippen molar-refractivity contribution in [1.82, 2.24) is 9.97 Å². The van der Waals surface area contributed by atoms with E-state index < -0.39 is 0 Å². The van der Waals surface area contributed by atoms with Crippen LogP contribution in [0.4, 0.5) is 23.1 Å². The number of anilines is 4. The highest BCUT2D eigenvalue weighted by Gasteiger charge is 2.22. The van der Waals surface area contributed by atoms with E-state index in [2.05, 4.69) is 44.8 Å². The third kappa shape index (κ3) is 3.94. The van der Waals surface area contributed by atoms with E-state index >= 15 is 0 Å². The van der Waals surface area contributed by atoms with E-state index in [0.717, 1.165) is 28.5 Å². The summed E-state index contributed by atoms with van der Waals surface area (Å²) < 4.78 is 0. The van der Waals surface area contributed by atoms with Gasteiger partial charge in [-0.15, -0.1) is 0 Å². The van der Waals surface area contributed by atoms with Crippen LogP contribution < -0.4 is 15.5 Å². The molecule has 1 saturated carbocycles. The van der Waals surface area contributed by atoms with Gasteiger partial charge in [0, 0.05) is 43.1 Å². The van der Waals surface area contributed by atoms with E-state index in [9.17, 15) is 0 Å². The average molecular weight is 345 g/mol. The van der Waals surface area contributed by atoms with E-state index in [4.69, 9.17) is 4.98 Å². The van der Waals surface area contributed by atoms with Crippen molar-refractivity contribution in [1.29, 1.82) is 0 Å². The molecule has 3 aromatic rings. The van der Waals surface area contributed by atoms with Crippen molar-refractivity contribution in [2.24, 2.45) is 0 Å². The van der Waals surface area contributed by atoms with Gasteiger partial charge in [-0.2, -0.15) is 4.98 Å². The summed E-state index contributed by atoms with van der Waals surface area (Å²) in [7, 11) is 4.06. The number of aromatic nitrogens is 2. The second-order valence-corrected chi connectivity index (χ2v) is 6.81. The first-order valence-corrected chi connectivity index (χ1v) is 8.93. The van der Waals surface area contributed by atoms with Crippen LogP contribution in [0.25, 0.3) is 11.3 Å². The largest absolute Gasteiger partial charge is 0.378 e. The molecule has 0 amide bonds. The predicted octanol–water partition coefficient (Wildman–Crippen LogP) is 4.53. The van der Waals surface area contributed by atoms with Crippen molar-refractivity contribution < 1.29 is 0 Å². The van der Waals surface area contributed by atoms with Crippen LogP contribution >= 0.6 is 0 Å². The highest BCUT2D eigenvalue weighted by molar-refractivity contribution is 5.67. The standard InChI is InChI=1S/C21H23N5/c1-26(2)18-12-10-17(11-13-18)23-21-24-19(15-6-4-3-5-7-15)14-20(25-21)22-16-8-9-16/h3-7,10-14,16H,8-9H2,1-2H3,(H2,22,23,24,25). The number of benzene rings is 2. The van der Waals surface area contributed by atoms with E-state index in [0.29, 0.717) is 12.0 Å². The summed E-state index contributed by atoms with van der Waals surface area (Å²) in [6.07, 6.45) is 2.42. The van der Waals surface area contributed by atoms with Crippen molar-refractivity contribution in [2.45, 2.75) is 18.9 Å². The summed E-state index contributed by atoms with van der Waals surface area (Å²) in [5.74, 6) is 1.47. The van der Waals surface area contributed by atoms with Gasteiger partial charge in [-0.25, -0.2) is 4.98 Å². The van der Waals surface area contributed by atoms with E-state index in [-0.39, 0.29) is 0 Å². The monoisotopic (exact) mass is 345 g/mol. The van der Waals surface area contributed by atoms with Crippen LogP contribution in [0.2, 0.25) is 0 Å². The van der Waals surface area contributed by atoms with Gasteiger partial charge in [0.25, 0.3) is 0 Å². The summed E-state index contributed by atoms with van der Waals surface area (Å²) in [6, 6.07) is 21.0. The normalized spacial score (nSPS) is 13.3. The molecule has 0 saturated heterocycles. The van der Waals surface area contributed by atoms with E-state index in [1.165, 1.54) is 12.8 Å². The molecule has 1 heterocycles. The SMILES string of the molecule is CN(C)c1ccc(Nc2nc(NC3CC3)cc(-c3ccccc3)n2)cc1. The minimum atomic E-state index is 0.542. The van der Waals surface area contributed by atoms with Crippen molar-refractivity contribution in [2.75, 3.05) is 29.6 Å². The molecule has 1 aliphatic carbocycles. The second kappa shape index (κ2) is 7.04. The Hall–Kier alpha value is -3.08. The van der Waals surface area contributed by atoms with Crippen molar-refractivity contribution >= 4 is 23.1 Å².